The molecule has 1 aliphatic heterocycles. The van der Waals surface area contributed by atoms with Crippen LogP contribution < -0.4 is 10.5 Å². The average Bonchev–Trinajstić information content (AvgIpc) is 3.46. The molecule has 0 aliphatic carbocycles. The van der Waals surface area contributed by atoms with Crippen molar-refractivity contribution in [1.29, 1.82) is 5.26 Å². The molecule has 168 valence electrons. The Morgan fingerprint density at radius 1 is 1.21 bits per heavy atom. The highest BCUT2D eigenvalue weighted by Gasteiger charge is 2.37. The Hall–Kier alpha value is -4.55. The number of benzene rings is 2. The third-order valence-electron chi connectivity index (χ3n) is 5.61. The third-order valence-corrected chi connectivity index (χ3v) is 5.85. The van der Waals surface area contributed by atoms with Gasteiger partial charge in [0, 0.05) is 16.7 Å². The predicted octanol–water partition coefficient (Wildman–Crippen LogP) is 5.42. The first-order valence-electron chi connectivity index (χ1n) is 10.1. The Morgan fingerprint density at radius 3 is 2.68 bits per heavy atom. The van der Waals surface area contributed by atoms with E-state index in [0.29, 0.717) is 22.0 Å². The quantitative estimate of drug-likeness (QED) is 0.297. The SMILES string of the molecule is Cc1ccc(-c2[nH]nc3c2C(c2ccc(-c4cc(Cl)ccc4[N+](=O)[O-])o2)C(C#N)=C(N)O3)cc1. The lowest BCUT2D eigenvalue weighted by molar-refractivity contribution is -0.384. The van der Waals surface area contributed by atoms with Crippen LogP contribution in [0.2, 0.25) is 5.02 Å². The smallest absolute Gasteiger partial charge is 0.280 e. The molecular formula is C24H16ClN5O4. The van der Waals surface area contributed by atoms with Gasteiger partial charge >= 0.3 is 0 Å². The first-order chi connectivity index (χ1) is 16.4. The summed E-state index contributed by atoms with van der Waals surface area (Å²) < 4.78 is 11.7. The monoisotopic (exact) mass is 473 g/mol. The van der Waals surface area contributed by atoms with Crippen LogP contribution in [-0.4, -0.2) is 15.1 Å². The number of aromatic nitrogens is 2. The molecule has 2 aromatic heterocycles. The number of nitrogens with one attached hydrogen (secondary N) is 1. The van der Waals surface area contributed by atoms with Crippen LogP contribution in [0.5, 0.6) is 5.88 Å². The van der Waals surface area contributed by atoms with E-state index in [2.05, 4.69) is 16.3 Å². The minimum absolute atomic E-state index is 0.0892. The second-order valence-corrected chi connectivity index (χ2v) is 8.17. The van der Waals surface area contributed by atoms with Crippen molar-refractivity contribution in [2.75, 3.05) is 0 Å². The molecule has 1 unspecified atom stereocenters. The van der Waals surface area contributed by atoms with Crippen LogP contribution in [0.1, 0.15) is 22.8 Å². The fourth-order valence-electron chi connectivity index (χ4n) is 3.99. The van der Waals surface area contributed by atoms with Crippen LogP contribution in [0.15, 0.2) is 70.5 Å². The summed E-state index contributed by atoms with van der Waals surface area (Å²) in [5.74, 6) is -0.0234. The number of nitrogens with two attached hydrogens (primary N) is 1. The lowest BCUT2D eigenvalue weighted by atomic mass is 9.86. The number of nitriles is 1. The summed E-state index contributed by atoms with van der Waals surface area (Å²) in [5, 5.41) is 29.0. The van der Waals surface area contributed by atoms with E-state index in [-0.39, 0.29) is 34.3 Å². The molecule has 3 N–H and O–H groups in total. The number of nitrogens with zero attached hydrogens (tertiary/aromatic N) is 3. The Kier molecular flexibility index (Phi) is 5.07. The molecule has 1 atom stereocenters. The van der Waals surface area contributed by atoms with Crippen LogP contribution in [0.3, 0.4) is 0 Å². The summed E-state index contributed by atoms with van der Waals surface area (Å²) in [5.41, 5.74) is 9.39. The molecule has 1 aliphatic rings. The molecule has 0 spiro atoms. The minimum Gasteiger partial charge on any atom is -0.460 e. The second kappa shape index (κ2) is 8.10. The maximum absolute atomic E-state index is 11.5. The van der Waals surface area contributed by atoms with Crippen molar-refractivity contribution in [3.8, 4) is 34.5 Å². The molecule has 10 heteroatoms. The highest BCUT2D eigenvalue weighted by atomic mass is 35.5. The standard InChI is InChI=1S/C24H16ClN5O4/c1-12-2-4-13(5-3-12)22-21-20(16(11-26)23(27)34-24(21)29-28-22)19-9-8-18(33-19)15-10-14(25)6-7-17(15)30(31)32/h2-10,20H,27H2,1H3,(H,28,29). The number of hydrogen-bond donors (Lipinski definition) is 2. The van der Waals surface area contributed by atoms with Gasteiger partial charge in [0.05, 0.1) is 27.7 Å². The molecule has 0 fully saturated rings. The van der Waals surface area contributed by atoms with Crippen LogP contribution in [0.4, 0.5) is 5.69 Å². The van der Waals surface area contributed by atoms with Gasteiger partial charge in [-0.2, -0.15) is 5.26 Å². The number of H-pyrrole nitrogens is 1. The van der Waals surface area contributed by atoms with Gasteiger partial charge in [0.2, 0.25) is 11.8 Å². The number of allylic oxidation sites excluding steroid dienone is 1. The predicted molar refractivity (Wildman–Crippen MR) is 124 cm³/mol. The van der Waals surface area contributed by atoms with Gasteiger partial charge in [-0.05, 0) is 31.2 Å². The topological polar surface area (TPSA) is 144 Å². The lowest BCUT2D eigenvalue weighted by Gasteiger charge is -2.22. The van der Waals surface area contributed by atoms with Crippen LogP contribution in [-0.2, 0) is 0 Å². The molecule has 0 saturated heterocycles. The number of aryl methyl sites for hydroxylation is 1. The van der Waals surface area contributed by atoms with Gasteiger partial charge in [0.15, 0.2) is 0 Å². The Labute approximate surface area is 198 Å². The molecule has 2 aromatic carbocycles. The normalized spacial score (nSPS) is 14.9. The Bertz CT molecular complexity index is 1510. The van der Waals surface area contributed by atoms with Crippen molar-refractivity contribution in [3.63, 3.8) is 0 Å². The number of fused-ring (bicyclic) bond motifs is 1. The number of ether oxygens (including phenoxy) is 1. The van der Waals surface area contributed by atoms with Crippen molar-refractivity contribution in [2.24, 2.45) is 5.73 Å². The Morgan fingerprint density at radius 2 is 1.97 bits per heavy atom. The van der Waals surface area contributed by atoms with E-state index in [1.54, 1.807) is 12.1 Å². The van der Waals surface area contributed by atoms with Crippen molar-refractivity contribution in [2.45, 2.75) is 12.8 Å². The van der Waals surface area contributed by atoms with Crippen LogP contribution in [0.25, 0.3) is 22.6 Å². The summed E-state index contributed by atoms with van der Waals surface area (Å²) in [7, 11) is 0. The first kappa shape index (κ1) is 21.3. The number of nitro benzene ring substituents is 1. The van der Waals surface area contributed by atoms with Crippen molar-refractivity contribution in [3.05, 3.63) is 98.1 Å². The molecule has 9 nitrogen and oxygen atoms in total. The van der Waals surface area contributed by atoms with Gasteiger partial charge in [0.1, 0.15) is 23.2 Å². The largest absolute Gasteiger partial charge is 0.460 e. The zero-order valence-corrected chi connectivity index (χ0v) is 18.5. The third kappa shape index (κ3) is 3.46. The number of furan rings is 1. The van der Waals surface area contributed by atoms with Crippen LogP contribution in [0, 0.1) is 28.4 Å². The molecule has 0 bridgehead atoms. The van der Waals surface area contributed by atoms with Gasteiger partial charge in [-0.25, -0.2) is 0 Å². The number of nitro groups is 1. The lowest BCUT2D eigenvalue weighted by Crippen LogP contribution is -2.20. The van der Waals surface area contributed by atoms with E-state index in [9.17, 15) is 15.4 Å². The zero-order chi connectivity index (χ0) is 24.0. The molecule has 0 radical (unpaired) electrons. The Balaban J connectivity index is 1.67. The van der Waals surface area contributed by atoms with E-state index in [1.807, 2.05) is 31.2 Å². The average molecular weight is 474 g/mol. The highest BCUT2D eigenvalue weighted by Crippen LogP contribution is 2.47. The summed E-state index contributed by atoms with van der Waals surface area (Å²) in [6.07, 6.45) is 0. The van der Waals surface area contributed by atoms with Gasteiger partial charge in [0.25, 0.3) is 5.69 Å². The first-order valence-corrected chi connectivity index (χ1v) is 10.5. The summed E-state index contributed by atoms with van der Waals surface area (Å²) in [4.78, 5) is 11.0. The van der Waals surface area contributed by atoms with E-state index < -0.39 is 10.8 Å². The minimum atomic E-state index is -0.740. The van der Waals surface area contributed by atoms with E-state index in [0.717, 1.165) is 11.1 Å². The maximum atomic E-state index is 11.5. The maximum Gasteiger partial charge on any atom is 0.280 e. The number of rotatable bonds is 4. The van der Waals surface area contributed by atoms with Crippen molar-refractivity contribution < 1.29 is 14.1 Å². The summed E-state index contributed by atoms with van der Waals surface area (Å²) in [6, 6.07) is 17.3. The number of hydrogen-bond acceptors (Lipinski definition) is 7. The summed E-state index contributed by atoms with van der Waals surface area (Å²) in [6.45, 7) is 1.98. The van der Waals surface area contributed by atoms with Gasteiger partial charge < -0.3 is 14.9 Å². The number of halogens is 1. The van der Waals surface area contributed by atoms with Crippen LogP contribution >= 0.6 is 11.6 Å². The molecular weight excluding hydrogens is 458 g/mol. The highest BCUT2D eigenvalue weighted by molar-refractivity contribution is 6.31. The molecule has 0 saturated carbocycles. The molecule has 3 heterocycles. The molecule has 34 heavy (non-hydrogen) atoms. The second-order valence-electron chi connectivity index (χ2n) is 7.73. The van der Waals surface area contributed by atoms with Gasteiger partial charge in [-0.15, -0.1) is 5.10 Å². The molecule has 4 aromatic rings. The zero-order valence-electron chi connectivity index (χ0n) is 17.7. The summed E-state index contributed by atoms with van der Waals surface area (Å²) >= 11 is 6.08. The van der Waals surface area contributed by atoms with E-state index in [1.165, 1.54) is 18.2 Å². The van der Waals surface area contributed by atoms with Gasteiger partial charge in [-0.1, -0.05) is 41.4 Å². The van der Waals surface area contributed by atoms with E-state index in [4.69, 9.17) is 26.5 Å². The van der Waals surface area contributed by atoms with E-state index >= 15 is 0 Å². The fraction of sp³-hybridized carbons (Fsp3) is 0.0833. The van der Waals surface area contributed by atoms with Crippen molar-refractivity contribution in [1.82, 2.24) is 10.2 Å². The van der Waals surface area contributed by atoms with Crippen molar-refractivity contribution >= 4 is 17.3 Å². The van der Waals surface area contributed by atoms with Gasteiger partial charge in [-0.3, -0.25) is 15.2 Å². The molecule has 0 amide bonds. The fourth-order valence-corrected chi connectivity index (χ4v) is 4.16. The molecule has 5 rings (SSSR count). The number of aromatic amines is 1.